The Morgan fingerprint density at radius 3 is 2.63 bits per heavy atom. The summed E-state index contributed by atoms with van der Waals surface area (Å²) < 4.78 is 6.64. The van der Waals surface area contributed by atoms with Crippen LogP contribution >= 0.6 is 0 Å². The van der Waals surface area contributed by atoms with Crippen molar-refractivity contribution >= 4 is 5.97 Å². The second kappa shape index (κ2) is 6.31. The van der Waals surface area contributed by atoms with E-state index in [9.17, 15) is 4.79 Å². The molecule has 0 unspecified atom stereocenters. The average Bonchev–Trinajstić information content (AvgIpc) is 2.46. The number of carbonyl (C=O) groups excluding carboxylic acids is 1. The Bertz CT molecular complexity index is 603. The van der Waals surface area contributed by atoms with E-state index < -0.39 is 5.97 Å². The number of esters is 1. The first kappa shape index (κ1) is 12.8. The maximum Gasteiger partial charge on any atom is 0.404 e. The summed E-state index contributed by atoms with van der Waals surface area (Å²) in [6.45, 7) is 0.345. The second-order valence-corrected chi connectivity index (χ2v) is 3.93. The van der Waals surface area contributed by atoms with Crippen LogP contribution in [0.5, 0.6) is 0 Å². The van der Waals surface area contributed by atoms with Crippen LogP contribution < -0.4 is 4.57 Å². The zero-order chi connectivity index (χ0) is 13.5. The van der Waals surface area contributed by atoms with Crippen molar-refractivity contribution in [1.29, 1.82) is 5.26 Å². The third-order valence-electron chi connectivity index (χ3n) is 2.61. The molecule has 4 heteroatoms. The van der Waals surface area contributed by atoms with Crippen LogP contribution in [-0.2, 0) is 11.3 Å². The lowest BCUT2D eigenvalue weighted by Crippen LogP contribution is -2.41. The number of pyridine rings is 1. The molecule has 1 aromatic heterocycles. The van der Waals surface area contributed by atoms with E-state index in [4.69, 9.17) is 10.00 Å². The number of rotatable bonds is 4. The molecule has 0 bridgehead atoms. The fourth-order valence-corrected chi connectivity index (χ4v) is 1.75. The molecule has 0 radical (unpaired) electrons. The highest BCUT2D eigenvalue weighted by atomic mass is 16.5. The van der Waals surface area contributed by atoms with Gasteiger partial charge in [0.2, 0.25) is 0 Å². The zero-order valence-electron chi connectivity index (χ0n) is 10.3. The van der Waals surface area contributed by atoms with Gasteiger partial charge in [-0.2, -0.15) is 9.83 Å². The Morgan fingerprint density at radius 2 is 1.89 bits per heavy atom. The summed E-state index contributed by atoms with van der Waals surface area (Å²) in [4.78, 5) is 11.8. The zero-order valence-corrected chi connectivity index (χ0v) is 10.3. The van der Waals surface area contributed by atoms with Gasteiger partial charge in [-0.05, 0) is 6.07 Å². The number of hydrogen-bond donors (Lipinski definition) is 0. The van der Waals surface area contributed by atoms with Crippen LogP contribution in [0.1, 0.15) is 16.1 Å². The first-order chi connectivity index (χ1) is 9.31. The van der Waals surface area contributed by atoms with Crippen molar-refractivity contribution < 1.29 is 14.1 Å². The van der Waals surface area contributed by atoms with Gasteiger partial charge in [0.1, 0.15) is 6.07 Å². The number of aromatic nitrogens is 1. The molecule has 0 aliphatic carbocycles. The van der Waals surface area contributed by atoms with E-state index in [2.05, 4.69) is 0 Å². The first-order valence-corrected chi connectivity index (χ1v) is 5.88. The Labute approximate surface area is 111 Å². The summed E-state index contributed by atoms with van der Waals surface area (Å²) in [6, 6.07) is 16.9. The Morgan fingerprint density at radius 1 is 1.16 bits per heavy atom. The molecule has 0 saturated heterocycles. The number of ether oxygens (including phenoxy) is 1. The summed E-state index contributed by atoms with van der Waals surface area (Å²) in [5, 5.41) is 8.43. The third-order valence-corrected chi connectivity index (χ3v) is 2.61. The molecular formula is C15H13N2O2+. The minimum absolute atomic E-state index is 0.237. The summed E-state index contributed by atoms with van der Waals surface area (Å²) >= 11 is 0. The molecule has 0 N–H and O–H groups in total. The molecule has 4 nitrogen and oxygen atoms in total. The van der Waals surface area contributed by atoms with Gasteiger partial charge < -0.3 is 4.74 Å². The van der Waals surface area contributed by atoms with Crippen molar-refractivity contribution in [3.05, 3.63) is 66.0 Å². The molecule has 2 aromatic rings. The summed E-state index contributed by atoms with van der Waals surface area (Å²) in [5.74, 6) is -0.488. The van der Waals surface area contributed by atoms with Gasteiger partial charge in [0.05, 0.1) is 0 Å². The van der Waals surface area contributed by atoms with E-state index in [0.717, 1.165) is 5.56 Å². The van der Waals surface area contributed by atoms with E-state index in [0.29, 0.717) is 12.2 Å². The van der Waals surface area contributed by atoms with Crippen LogP contribution in [-0.4, -0.2) is 12.6 Å². The van der Waals surface area contributed by atoms with Gasteiger partial charge >= 0.3 is 5.97 Å². The van der Waals surface area contributed by atoms with Gasteiger partial charge in [0.15, 0.2) is 19.3 Å². The predicted molar refractivity (Wildman–Crippen MR) is 68.1 cm³/mol. The van der Waals surface area contributed by atoms with E-state index in [1.165, 1.54) is 0 Å². The van der Waals surface area contributed by atoms with Gasteiger partial charge in [-0.3, -0.25) is 0 Å². The highest BCUT2D eigenvalue weighted by molar-refractivity contribution is 5.85. The topological polar surface area (TPSA) is 54.0 Å². The van der Waals surface area contributed by atoms with E-state index >= 15 is 0 Å². The molecule has 0 atom stereocenters. The van der Waals surface area contributed by atoms with Gasteiger partial charge in [0.25, 0.3) is 5.69 Å². The maximum absolute atomic E-state index is 11.8. The number of carbonyl (C=O) groups is 1. The quantitative estimate of drug-likeness (QED) is 0.615. The minimum Gasteiger partial charge on any atom is -0.442 e. The largest absolute Gasteiger partial charge is 0.442 e. The Hall–Kier alpha value is -2.67. The molecule has 0 fully saturated rings. The van der Waals surface area contributed by atoms with Crippen LogP contribution in [0.4, 0.5) is 0 Å². The molecule has 0 saturated carbocycles. The SMILES string of the molecule is N#CCOC(=O)c1cccc[n+]1Cc1ccccc1. The monoisotopic (exact) mass is 253 g/mol. The average molecular weight is 253 g/mol. The number of nitriles is 1. The minimum atomic E-state index is -0.488. The highest BCUT2D eigenvalue weighted by Gasteiger charge is 2.19. The summed E-state index contributed by atoms with van der Waals surface area (Å²) in [5.41, 5.74) is 1.52. The molecular weight excluding hydrogens is 240 g/mol. The van der Waals surface area contributed by atoms with Gasteiger partial charge in [-0.1, -0.05) is 30.3 Å². The summed E-state index contributed by atoms with van der Waals surface area (Å²) in [7, 11) is 0. The third kappa shape index (κ3) is 3.39. The molecule has 0 aliphatic heterocycles. The van der Waals surface area contributed by atoms with Crippen molar-refractivity contribution in [1.82, 2.24) is 0 Å². The van der Waals surface area contributed by atoms with E-state index in [1.54, 1.807) is 22.8 Å². The highest BCUT2D eigenvalue weighted by Crippen LogP contribution is 2.01. The fourth-order valence-electron chi connectivity index (χ4n) is 1.75. The number of hydrogen-bond acceptors (Lipinski definition) is 3. The van der Waals surface area contributed by atoms with Crippen molar-refractivity contribution in [2.75, 3.05) is 6.61 Å². The summed E-state index contributed by atoms with van der Waals surface area (Å²) in [6.07, 6.45) is 1.82. The van der Waals surface area contributed by atoms with Gasteiger partial charge in [0, 0.05) is 17.7 Å². The lowest BCUT2D eigenvalue weighted by molar-refractivity contribution is -0.690. The van der Waals surface area contributed by atoms with Crippen molar-refractivity contribution in [2.24, 2.45) is 0 Å². The van der Waals surface area contributed by atoms with E-state index in [-0.39, 0.29) is 6.61 Å². The van der Waals surface area contributed by atoms with Crippen molar-refractivity contribution in [3.8, 4) is 6.07 Å². The van der Waals surface area contributed by atoms with Crippen molar-refractivity contribution in [3.63, 3.8) is 0 Å². The van der Waals surface area contributed by atoms with Crippen LogP contribution in [0.3, 0.4) is 0 Å². The smallest absolute Gasteiger partial charge is 0.404 e. The molecule has 2 rings (SSSR count). The number of benzene rings is 1. The van der Waals surface area contributed by atoms with Gasteiger partial charge in [-0.25, -0.2) is 4.79 Å². The molecule has 0 amide bonds. The van der Waals surface area contributed by atoms with Crippen LogP contribution in [0.15, 0.2) is 54.7 Å². The standard InChI is InChI=1S/C15H13N2O2/c16-9-11-19-15(18)14-8-4-5-10-17(14)12-13-6-2-1-3-7-13/h1-8,10H,11-12H2/q+1. The predicted octanol–water partition coefficient (Wildman–Crippen LogP) is 1.70. The Kier molecular flexibility index (Phi) is 4.25. The molecule has 94 valence electrons. The van der Waals surface area contributed by atoms with Crippen LogP contribution in [0, 0.1) is 11.3 Å². The first-order valence-electron chi connectivity index (χ1n) is 5.88. The molecule has 19 heavy (non-hydrogen) atoms. The Balaban J connectivity index is 2.22. The van der Waals surface area contributed by atoms with Gasteiger partial charge in [-0.15, -0.1) is 0 Å². The fraction of sp³-hybridized carbons (Fsp3) is 0.133. The molecule has 0 aliphatic rings. The second-order valence-electron chi connectivity index (χ2n) is 3.93. The lowest BCUT2D eigenvalue weighted by atomic mass is 10.2. The molecule has 1 heterocycles. The molecule has 1 aromatic carbocycles. The molecule has 0 spiro atoms. The van der Waals surface area contributed by atoms with Crippen LogP contribution in [0.2, 0.25) is 0 Å². The van der Waals surface area contributed by atoms with Crippen LogP contribution in [0.25, 0.3) is 0 Å². The number of nitrogens with zero attached hydrogens (tertiary/aromatic N) is 2. The lowest BCUT2D eigenvalue weighted by Gasteiger charge is -2.03. The van der Waals surface area contributed by atoms with E-state index in [1.807, 2.05) is 42.6 Å². The van der Waals surface area contributed by atoms with Crippen molar-refractivity contribution in [2.45, 2.75) is 6.54 Å². The normalized spacial score (nSPS) is 9.63. The maximum atomic E-state index is 11.8.